The van der Waals surface area contributed by atoms with Crippen LogP contribution in [0, 0.1) is 23.7 Å². The number of ether oxygens (including phenoxy) is 1. The molecule has 1 atom stereocenters. The predicted octanol–water partition coefficient (Wildman–Crippen LogP) is 3.79. The SMILES string of the molecule is CC(C)CCOCCN(C)C(=O)CCSC1CC(=O)N(CC2CCC(C(=O)C(C)C)CC2)C1=O. The van der Waals surface area contributed by atoms with Crippen LogP contribution in [0.3, 0.4) is 0 Å². The zero-order valence-electron chi connectivity index (χ0n) is 21.7. The zero-order valence-corrected chi connectivity index (χ0v) is 22.5. The van der Waals surface area contributed by atoms with Crippen LogP contribution in [-0.4, -0.2) is 77.7 Å². The number of hydrogen-bond donors (Lipinski definition) is 0. The molecule has 1 heterocycles. The highest BCUT2D eigenvalue weighted by molar-refractivity contribution is 8.00. The second-order valence-corrected chi connectivity index (χ2v) is 11.9. The van der Waals surface area contributed by atoms with Crippen molar-refractivity contribution in [1.29, 1.82) is 0 Å². The minimum absolute atomic E-state index is 0.0290. The number of thioether (sulfide) groups is 1. The highest BCUT2D eigenvalue weighted by Crippen LogP contribution is 2.33. The zero-order chi connectivity index (χ0) is 25.3. The van der Waals surface area contributed by atoms with Gasteiger partial charge in [0.15, 0.2) is 0 Å². The summed E-state index contributed by atoms with van der Waals surface area (Å²) in [4.78, 5) is 53.0. The molecule has 7 nitrogen and oxygen atoms in total. The van der Waals surface area contributed by atoms with Gasteiger partial charge < -0.3 is 9.64 Å². The summed E-state index contributed by atoms with van der Waals surface area (Å²) in [6.07, 6.45) is 5.07. The number of likely N-dealkylation sites (N-methyl/N-ethyl adjacent to an activating group) is 1. The van der Waals surface area contributed by atoms with E-state index in [1.54, 1.807) is 11.9 Å². The Balaban J connectivity index is 1.67. The molecule has 194 valence electrons. The van der Waals surface area contributed by atoms with E-state index in [4.69, 9.17) is 4.74 Å². The molecular formula is C26H44N2O5S. The van der Waals surface area contributed by atoms with Crippen molar-refractivity contribution >= 4 is 35.3 Å². The van der Waals surface area contributed by atoms with E-state index >= 15 is 0 Å². The Bertz CT molecular complexity index is 703. The largest absolute Gasteiger partial charge is 0.380 e. The smallest absolute Gasteiger partial charge is 0.242 e. The van der Waals surface area contributed by atoms with Crippen LogP contribution in [0.25, 0.3) is 0 Å². The predicted molar refractivity (Wildman–Crippen MR) is 135 cm³/mol. The molecule has 0 spiro atoms. The van der Waals surface area contributed by atoms with Crippen LogP contribution in [0.5, 0.6) is 0 Å². The lowest BCUT2D eigenvalue weighted by atomic mass is 9.77. The third-order valence-electron chi connectivity index (χ3n) is 6.93. The molecule has 34 heavy (non-hydrogen) atoms. The fourth-order valence-corrected chi connectivity index (χ4v) is 5.67. The summed E-state index contributed by atoms with van der Waals surface area (Å²) in [5.74, 6) is 1.75. The molecule has 8 heteroatoms. The van der Waals surface area contributed by atoms with Crippen LogP contribution in [0.2, 0.25) is 0 Å². The molecule has 0 radical (unpaired) electrons. The lowest BCUT2D eigenvalue weighted by molar-refractivity contribution is -0.139. The van der Waals surface area contributed by atoms with Crippen LogP contribution in [-0.2, 0) is 23.9 Å². The molecule has 1 unspecified atom stereocenters. The second kappa shape index (κ2) is 14.2. The van der Waals surface area contributed by atoms with Gasteiger partial charge in [-0.3, -0.25) is 24.1 Å². The quantitative estimate of drug-likeness (QED) is 0.269. The van der Waals surface area contributed by atoms with Crippen molar-refractivity contribution in [2.45, 2.75) is 77.9 Å². The molecular weight excluding hydrogens is 452 g/mol. The number of ketones is 1. The summed E-state index contributed by atoms with van der Waals surface area (Å²) in [7, 11) is 1.77. The Morgan fingerprint density at radius 2 is 1.76 bits per heavy atom. The molecule has 1 saturated carbocycles. The third kappa shape index (κ3) is 8.99. The normalized spacial score (nSPS) is 23.3. The van der Waals surface area contributed by atoms with Gasteiger partial charge in [-0.1, -0.05) is 27.7 Å². The molecule has 0 aromatic heterocycles. The number of amides is 3. The van der Waals surface area contributed by atoms with Crippen molar-refractivity contribution in [3.63, 3.8) is 0 Å². The minimum Gasteiger partial charge on any atom is -0.380 e. The first kappa shape index (κ1) is 28.8. The molecule has 1 saturated heterocycles. The summed E-state index contributed by atoms with van der Waals surface area (Å²) in [6.45, 7) is 10.5. The Morgan fingerprint density at radius 3 is 2.38 bits per heavy atom. The van der Waals surface area contributed by atoms with E-state index in [0.717, 1.165) is 32.1 Å². The highest BCUT2D eigenvalue weighted by atomic mass is 32.2. The summed E-state index contributed by atoms with van der Waals surface area (Å²) >= 11 is 1.41. The maximum atomic E-state index is 12.8. The van der Waals surface area contributed by atoms with Crippen LogP contribution in [0.1, 0.15) is 72.6 Å². The van der Waals surface area contributed by atoms with Gasteiger partial charge in [0, 0.05) is 57.2 Å². The second-order valence-electron chi connectivity index (χ2n) is 10.5. The Morgan fingerprint density at radius 1 is 1.09 bits per heavy atom. The standard InChI is InChI=1S/C26H44N2O5S/c1-18(2)10-13-33-14-12-27(5)23(29)11-15-34-22-16-24(30)28(26(22)32)17-20-6-8-21(9-7-20)25(31)19(3)4/h18-22H,6-17H2,1-5H3. The first-order chi connectivity index (χ1) is 16.1. The van der Waals surface area contributed by atoms with Crippen molar-refractivity contribution in [2.24, 2.45) is 23.7 Å². The van der Waals surface area contributed by atoms with E-state index in [0.29, 0.717) is 50.2 Å². The van der Waals surface area contributed by atoms with Crippen molar-refractivity contribution in [1.82, 2.24) is 9.80 Å². The topological polar surface area (TPSA) is 84.0 Å². The van der Waals surface area contributed by atoms with Gasteiger partial charge in [0.1, 0.15) is 5.78 Å². The fourth-order valence-electron chi connectivity index (χ4n) is 4.56. The van der Waals surface area contributed by atoms with Gasteiger partial charge in [-0.25, -0.2) is 0 Å². The summed E-state index contributed by atoms with van der Waals surface area (Å²) in [5, 5.41) is -0.385. The van der Waals surface area contributed by atoms with Crippen molar-refractivity contribution < 1.29 is 23.9 Å². The number of rotatable bonds is 14. The Hall–Kier alpha value is -1.41. The third-order valence-corrected chi connectivity index (χ3v) is 8.14. The van der Waals surface area contributed by atoms with Gasteiger partial charge in [0.2, 0.25) is 17.7 Å². The van der Waals surface area contributed by atoms with E-state index < -0.39 is 0 Å². The average molecular weight is 497 g/mol. The number of hydrogen-bond acceptors (Lipinski definition) is 6. The van der Waals surface area contributed by atoms with E-state index in [1.165, 1.54) is 16.7 Å². The molecule has 2 aliphatic rings. The number of Topliss-reactive ketones (excluding diaryl/α,β-unsaturated/α-hetero) is 1. The van der Waals surface area contributed by atoms with Crippen LogP contribution in [0.15, 0.2) is 0 Å². The number of imide groups is 1. The lowest BCUT2D eigenvalue weighted by Gasteiger charge is -2.30. The van der Waals surface area contributed by atoms with Gasteiger partial charge >= 0.3 is 0 Å². The van der Waals surface area contributed by atoms with E-state index in [2.05, 4.69) is 13.8 Å². The van der Waals surface area contributed by atoms with Crippen LogP contribution >= 0.6 is 11.8 Å². The van der Waals surface area contributed by atoms with Crippen LogP contribution < -0.4 is 0 Å². The summed E-state index contributed by atoms with van der Waals surface area (Å²) < 4.78 is 5.58. The maximum Gasteiger partial charge on any atom is 0.242 e. The molecule has 0 aromatic rings. The average Bonchev–Trinajstić information content (AvgIpc) is 3.05. The van der Waals surface area contributed by atoms with E-state index in [-0.39, 0.29) is 47.1 Å². The molecule has 2 fully saturated rings. The minimum atomic E-state index is -0.385. The number of carbonyl (C=O) groups is 4. The van der Waals surface area contributed by atoms with Gasteiger partial charge in [-0.2, -0.15) is 0 Å². The van der Waals surface area contributed by atoms with Crippen LogP contribution in [0.4, 0.5) is 0 Å². The first-order valence-electron chi connectivity index (χ1n) is 12.9. The monoisotopic (exact) mass is 496 g/mol. The number of carbonyl (C=O) groups excluding carboxylic acids is 4. The molecule has 1 aliphatic carbocycles. The molecule has 0 bridgehead atoms. The number of nitrogens with zero attached hydrogens (tertiary/aromatic N) is 2. The Kier molecular flexibility index (Phi) is 12.1. The van der Waals surface area contributed by atoms with Gasteiger partial charge in [0.05, 0.1) is 11.9 Å². The molecule has 3 amide bonds. The van der Waals surface area contributed by atoms with Crippen molar-refractivity contribution in [3.05, 3.63) is 0 Å². The Labute approximate surface area is 209 Å². The highest BCUT2D eigenvalue weighted by Gasteiger charge is 2.40. The fraction of sp³-hybridized carbons (Fsp3) is 0.846. The molecule has 2 rings (SSSR count). The summed E-state index contributed by atoms with van der Waals surface area (Å²) in [6, 6.07) is 0. The number of likely N-dealkylation sites (tertiary alicyclic amines) is 1. The lowest BCUT2D eigenvalue weighted by Crippen LogP contribution is -2.37. The molecule has 1 aliphatic heterocycles. The van der Waals surface area contributed by atoms with Crippen molar-refractivity contribution in [2.75, 3.05) is 39.1 Å². The summed E-state index contributed by atoms with van der Waals surface area (Å²) in [5.41, 5.74) is 0. The van der Waals surface area contributed by atoms with Gasteiger partial charge in [-0.15, -0.1) is 11.8 Å². The van der Waals surface area contributed by atoms with E-state index in [1.807, 2.05) is 13.8 Å². The van der Waals surface area contributed by atoms with E-state index in [9.17, 15) is 19.2 Å². The molecule has 0 aromatic carbocycles. The van der Waals surface area contributed by atoms with Gasteiger partial charge in [0.25, 0.3) is 0 Å². The molecule has 0 N–H and O–H groups in total. The van der Waals surface area contributed by atoms with Gasteiger partial charge in [-0.05, 0) is 43.9 Å². The van der Waals surface area contributed by atoms with Crippen molar-refractivity contribution in [3.8, 4) is 0 Å². The first-order valence-corrected chi connectivity index (χ1v) is 14.0. The maximum absolute atomic E-state index is 12.8.